The summed E-state index contributed by atoms with van der Waals surface area (Å²) in [6.45, 7) is 16.0. The van der Waals surface area contributed by atoms with Crippen LogP contribution < -0.4 is 0 Å². The van der Waals surface area contributed by atoms with E-state index in [4.69, 9.17) is 9.16 Å². The first-order valence-corrected chi connectivity index (χ1v) is 10.5. The molecule has 2 nitrogen and oxygen atoms in total. The average molecular weight is 319 g/mol. The maximum Gasteiger partial charge on any atom is 0.211 e. The third-order valence-electron chi connectivity index (χ3n) is 5.66. The first kappa shape index (κ1) is 16.2. The summed E-state index contributed by atoms with van der Waals surface area (Å²) in [4.78, 5) is 0. The summed E-state index contributed by atoms with van der Waals surface area (Å²) in [6.07, 6.45) is 0.287. The number of rotatable bonds is 1. The van der Waals surface area contributed by atoms with Gasteiger partial charge >= 0.3 is 0 Å². The van der Waals surface area contributed by atoms with Gasteiger partial charge in [0.15, 0.2) is 0 Å². The van der Waals surface area contributed by atoms with Gasteiger partial charge in [-0.25, -0.2) is 0 Å². The maximum atomic E-state index is 6.98. The molecule has 0 saturated carbocycles. The van der Waals surface area contributed by atoms with Crippen LogP contribution in [-0.2, 0) is 9.16 Å². The fourth-order valence-corrected chi connectivity index (χ4v) is 12.4. The Balaban J connectivity index is 2.19. The Hall–Kier alpha value is -0.643. The van der Waals surface area contributed by atoms with E-state index in [9.17, 15) is 0 Å². The highest BCUT2D eigenvalue weighted by atomic mass is 28.4. The molecular weight excluding hydrogens is 288 g/mol. The van der Waals surface area contributed by atoms with Crippen LogP contribution in [0.5, 0.6) is 0 Å². The van der Waals surface area contributed by atoms with Crippen molar-refractivity contribution >= 4 is 8.32 Å². The highest BCUT2D eigenvalue weighted by molar-refractivity contribution is 6.81. The van der Waals surface area contributed by atoms with Crippen molar-refractivity contribution in [1.29, 1.82) is 0 Å². The maximum absolute atomic E-state index is 6.98. The zero-order valence-corrected chi connectivity index (χ0v) is 15.8. The van der Waals surface area contributed by atoms with Crippen LogP contribution in [0.2, 0.25) is 10.1 Å². The summed E-state index contributed by atoms with van der Waals surface area (Å²) in [5, 5.41) is 0.381. The van der Waals surface area contributed by atoms with Crippen LogP contribution in [0, 0.1) is 5.92 Å². The highest BCUT2D eigenvalue weighted by Crippen LogP contribution is 2.64. The molecule has 0 unspecified atom stereocenters. The van der Waals surface area contributed by atoms with Crippen LogP contribution in [0.1, 0.15) is 52.6 Å². The Labute approximate surface area is 136 Å². The van der Waals surface area contributed by atoms with Crippen molar-refractivity contribution in [3.8, 4) is 0 Å². The number of fused-ring (bicyclic) bond motifs is 1. The lowest BCUT2D eigenvalue weighted by Crippen LogP contribution is -2.57. The molecule has 0 aromatic heterocycles. The van der Waals surface area contributed by atoms with E-state index < -0.39 is 8.32 Å². The van der Waals surface area contributed by atoms with E-state index in [2.05, 4.69) is 71.9 Å². The van der Waals surface area contributed by atoms with Crippen LogP contribution in [0.15, 0.2) is 30.3 Å². The number of hydrogen-bond donors (Lipinski definition) is 0. The molecule has 0 bridgehead atoms. The van der Waals surface area contributed by atoms with Gasteiger partial charge in [-0.2, -0.15) is 0 Å². The van der Waals surface area contributed by atoms with E-state index in [-0.39, 0.29) is 16.2 Å². The molecule has 3 heteroatoms. The molecule has 3 atom stereocenters. The summed E-state index contributed by atoms with van der Waals surface area (Å²) >= 11 is 0. The monoisotopic (exact) mass is 318 g/mol. The predicted octanol–water partition coefficient (Wildman–Crippen LogP) is 4.90. The molecule has 0 N–H and O–H groups in total. The Morgan fingerprint density at radius 2 is 1.50 bits per heavy atom. The van der Waals surface area contributed by atoms with Gasteiger partial charge in [0.25, 0.3) is 0 Å². The summed E-state index contributed by atoms with van der Waals surface area (Å²) < 4.78 is 12.8. The van der Waals surface area contributed by atoms with Gasteiger partial charge in [-0.3, -0.25) is 0 Å². The smallest absolute Gasteiger partial charge is 0.211 e. The molecule has 2 fully saturated rings. The molecular formula is C19H30O2Si. The number of benzene rings is 1. The number of hydrogen-bond acceptors (Lipinski definition) is 2. The highest BCUT2D eigenvalue weighted by Gasteiger charge is 2.68. The lowest BCUT2D eigenvalue weighted by atomic mass is 9.96. The van der Waals surface area contributed by atoms with Crippen molar-refractivity contribution in [1.82, 2.24) is 0 Å². The first-order valence-electron chi connectivity index (χ1n) is 8.49. The summed E-state index contributed by atoms with van der Waals surface area (Å²) in [6, 6.07) is 11.0. The van der Waals surface area contributed by atoms with E-state index in [1.165, 1.54) is 5.56 Å². The Bertz CT molecular complexity index is 513. The Morgan fingerprint density at radius 1 is 0.909 bits per heavy atom. The third-order valence-corrected chi connectivity index (χ3v) is 12.4. The van der Waals surface area contributed by atoms with Gasteiger partial charge in [-0.1, -0.05) is 71.9 Å². The molecule has 2 aliphatic rings. The van der Waals surface area contributed by atoms with Gasteiger partial charge in [-0.15, -0.1) is 0 Å². The van der Waals surface area contributed by atoms with Crippen LogP contribution in [0.4, 0.5) is 0 Å². The molecule has 22 heavy (non-hydrogen) atoms. The largest absolute Gasteiger partial charge is 0.410 e. The van der Waals surface area contributed by atoms with Crippen molar-refractivity contribution in [3.63, 3.8) is 0 Å². The SMILES string of the molecule is CC(C)(C)[Si]1(C(C)(C)C)O[C@@H]2COC[C@@H]2[C@@H]1c1ccccc1. The molecule has 0 radical (unpaired) electrons. The van der Waals surface area contributed by atoms with Gasteiger partial charge in [-0.05, 0) is 15.6 Å². The van der Waals surface area contributed by atoms with Crippen LogP contribution in [-0.4, -0.2) is 27.6 Å². The summed E-state index contributed by atoms with van der Waals surface area (Å²) in [5.41, 5.74) is 1.97. The molecule has 1 aromatic rings. The van der Waals surface area contributed by atoms with E-state index >= 15 is 0 Å². The molecule has 0 spiro atoms. The van der Waals surface area contributed by atoms with Crippen molar-refractivity contribution in [2.75, 3.05) is 13.2 Å². The molecule has 3 rings (SSSR count). The minimum Gasteiger partial charge on any atom is -0.410 e. The van der Waals surface area contributed by atoms with Gasteiger partial charge in [0.05, 0.1) is 19.3 Å². The van der Waals surface area contributed by atoms with E-state index in [0.29, 0.717) is 11.5 Å². The first-order chi connectivity index (χ1) is 10.2. The molecule has 0 amide bonds. The second-order valence-corrected chi connectivity index (χ2v) is 14.3. The Morgan fingerprint density at radius 3 is 2.05 bits per heavy atom. The molecule has 122 valence electrons. The van der Waals surface area contributed by atoms with Crippen LogP contribution >= 0.6 is 0 Å². The lowest BCUT2D eigenvalue weighted by molar-refractivity contribution is 0.129. The van der Waals surface area contributed by atoms with Crippen molar-refractivity contribution in [3.05, 3.63) is 35.9 Å². The molecule has 1 aromatic carbocycles. The van der Waals surface area contributed by atoms with Crippen molar-refractivity contribution in [2.45, 2.75) is 63.3 Å². The second kappa shape index (κ2) is 5.18. The fraction of sp³-hybridized carbons (Fsp3) is 0.684. The minimum atomic E-state index is -2.08. The normalized spacial score (nSPS) is 31.3. The van der Waals surface area contributed by atoms with E-state index in [1.54, 1.807) is 0 Å². The van der Waals surface area contributed by atoms with Crippen molar-refractivity contribution in [2.24, 2.45) is 5.92 Å². The quantitative estimate of drug-likeness (QED) is 0.686. The average Bonchev–Trinajstić information content (AvgIpc) is 2.95. The minimum absolute atomic E-state index is 0.191. The predicted molar refractivity (Wildman–Crippen MR) is 93.5 cm³/mol. The topological polar surface area (TPSA) is 18.5 Å². The zero-order chi connectivity index (χ0) is 16.2. The molecule has 2 saturated heterocycles. The van der Waals surface area contributed by atoms with Gasteiger partial charge in [0.2, 0.25) is 8.32 Å². The fourth-order valence-electron chi connectivity index (χ4n) is 5.15. The van der Waals surface area contributed by atoms with Gasteiger partial charge < -0.3 is 9.16 Å². The Kier molecular flexibility index (Phi) is 3.82. The van der Waals surface area contributed by atoms with E-state index in [1.807, 2.05) is 0 Å². The van der Waals surface area contributed by atoms with E-state index in [0.717, 1.165) is 13.2 Å². The standard InChI is InChI=1S/C19H30O2Si/c1-18(2,3)22(19(4,5)6)17(14-10-8-7-9-11-14)15-12-20-13-16(15)21-22/h7-11,15-17H,12-13H2,1-6H3/t15-,16+,17-/m0/s1. The zero-order valence-electron chi connectivity index (χ0n) is 14.8. The molecule has 0 aliphatic carbocycles. The lowest BCUT2D eigenvalue weighted by Gasteiger charge is -2.52. The number of ether oxygens (including phenoxy) is 1. The second-order valence-electron chi connectivity index (χ2n) is 8.98. The van der Waals surface area contributed by atoms with Gasteiger partial charge in [0, 0.05) is 11.5 Å². The van der Waals surface area contributed by atoms with Crippen molar-refractivity contribution < 1.29 is 9.16 Å². The van der Waals surface area contributed by atoms with Crippen LogP contribution in [0.3, 0.4) is 0 Å². The van der Waals surface area contributed by atoms with Crippen LogP contribution in [0.25, 0.3) is 0 Å². The molecule has 2 aliphatic heterocycles. The summed E-state index contributed by atoms with van der Waals surface area (Å²) in [5.74, 6) is 0.521. The summed E-state index contributed by atoms with van der Waals surface area (Å²) in [7, 11) is -2.08. The van der Waals surface area contributed by atoms with Gasteiger partial charge in [0.1, 0.15) is 0 Å². The molecule has 2 heterocycles. The third kappa shape index (κ3) is 2.21.